The van der Waals surface area contributed by atoms with E-state index in [2.05, 4.69) is 0 Å². The van der Waals surface area contributed by atoms with Crippen molar-refractivity contribution in [2.24, 2.45) is 0 Å². The van der Waals surface area contributed by atoms with E-state index < -0.39 is 7.82 Å². The van der Waals surface area contributed by atoms with Gasteiger partial charge in [-0.25, -0.2) is 4.57 Å². The average molecular weight is 420 g/mol. The van der Waals surface area contributed by atoms with Gasteiger partial charge in [-0.05, 0) is 72.9 Å². The molecule has 0 atom stereocenters. The molecule has 0 aliphatic heterocycles. The molecule has 4 rings (SSSR count). The first-order chi connectivity index (χ1) is 14.1. The number of hydrogen-bond donors (Lipinski definition) is 0. The van der Waals surface area contributed by atoms with Crippen molar-refractivity contribution < 1.29 is 37.4 Å². The van der Waals surface area contributed by atoms with Crippen LogP contribution in [0.3, 0.4) is 0 Å². The summed E-state index contributed by atoms with van der Waals surface area (Å²) in [7, 11) is -4.48. The Morgan fingerprint density at radius 2 is 0.967 bits per heavy atom. The second-order valence-corrected chi connectivity index (χ2v) is 9.70. The molecule has 2 fully saturated rings. The zero-order valence-electron chi connectivity index (χ0n) is 17.9. The smallest absolute Gasteiger partial charge is 0.736 e. The molecule has 6 heteroatoms. The maximum atomic E-state index is 12.3. The number of rotatable bonds is 6. The van der Waals surface area contributed by atoms with Crippen LogP contribution in [-0.4, -0.2) is 0 Å². The van der Waals surface area contributed by atoms with Gasteiger partial charge in [0.2, 0.25) is 0 Å². The van der Waals surface area contributed by atoms with E-state index in [1.165, 1.54) is 75.3 Å². The van der Waals surface area contributed by atoms with E-state index in [0.29, 0.717) is 23.3 Å². The van der Waals surface area contributed by atoms with Gasteiger partial charge >= 0.3 is 26.7 Å². The molecule has 30 heavy (non-hydrogen) atoms. The maximum absolute atomic E-state index is 12.3. The molecule has 0 saturated heterocycles. The summed E-state index contributed by atoms with van der Waals surface area (Å²) in [5.41, 5.74) is 2.52. The standard InChI is InChI=1S/C24H31O4P.Li/c25-29(26,27-23-15-11-21(12-16-23)19-7-3-1-4-8-19)28-24-17-13-22(14-18-24)20-9-5-2-6-10-20;/h11-20H,1-10H2,(H,25,26);/q;+1/p-1. The molecular weight excluding hydrogens is 390 g/mol. The minimum Gasteiger partial charge on any atom is -0.736 e. The van der Waals surface area contributed by atoms with Gasteiger partial charge in [0.1, 0.15) is 11.5 Å². The Morgan fingerprint density at radius 3 is 1.30 bits per heavy atom. The van der Waals surface area contributed by atoms with Gasteiger partial charge in [-0.1, -0.05) is 62.8 Å². The van der Waals surface area contributed by atoms with E-state index in [-0.39, 0.29) is 18.9 Å². The molecule has 0 N–H and O–H groups in total. The molecule has 0 unspecified atom stereocenters. The molecule has 0 bridgehead atoms. The molecule has 4 nitrogen and oxygen atoms in total. The molecule has 0 amide bonds. The molecule has 0 spiro atoms. The quantitative estimate of drug-likeness (QED) is 0.528. The summed E-state index contributed by atoms with van der Waals surface area (Å²) in [6.07, 6.45) is 12.5. The van der Waals surface area contributed by atoms with Crippen molar-refractivity contribution in [2.75, 3.05) is 0 Å². The minimum absolute atomic E-state index is 0. The van der Waals surface area contributed by atoms with Crippen molar-refractivity contribution in [2.45, 2.75) is 76.0 Å². The van der Waals surface area contributed by atoms with Gasteiger partial charge in [-0.3, -0.25) is 0 Å². The average Bonchev–Trinajstić information content (AvgIpc) is 2.75. The Bertz CT molecular complexity index is 758. The summed E-state index contributed by atoms with van der Waals surface area (Å²) >= 11 is 0. The Hall–Kier alpha value is -1.17. The monoisotopic (exact) mass is 420 g/mol. The number of phosphoric ester groups is 1. The number of phosphoric acid groups is 1. The summed E-state index contributed by atoms with van der Waals surface area (Å²) < 4.78 is 22.7. The SMILES string of the molecule is O=P([O-])(Oc1ccc(C2CCCCC2)cc1)Oc1ccc(C2CCCCC2)cc1.[Li+]. The van der Waals surface area contributed by atoms with Gasteiger partial charge in [-0.2, -0.15) is 0 Å². The third-order valence-corrected chi connectivity index (χ3v) is 7.22. The van der Waals surface area contributed by atoms with Crippen LogP contribution in [0.2, 0.25) is 0 Å². The van der Waals surface area contributed by atoms with E-state index in [9.17, 15) is 9.46 Å². The van der Waals surface area contributed by atoms with Crippen molar-refractivity contribution in [3.05, 3.63) is 59.7 Å². The second kappa shape index (κ2) is 10.9. The predicted molar refractivity (Wildman–Crippen MR) is 113 cm³/mol. The topological polar surface area (TPSA) is 58.6 Å². The van der Waals surface area contributed by atoms with Crippen molar-refractivity contribution in [1.82, 2.24) is 0 Å². The zero-order chi connectivity index (χ0) is 20.1. The van der Waals surface area contributed by atoms with Crippen molar-refractivity contribution in [3.63, 3.8) is 0 Å². The largest absolute Gasteiger partial charge is 1.00 e. The second-order valence-electron chi connectivity index (χ2n) is 8.44. The Labute approximate surface area is 192 Å². The Balaban J connectivity index is 0.00000256. The third kappa shape index (κ3) is 6.41. The van der Waals surface area contributed by atoms with Crippen molar-refractivity contribution >= 4 is 7.82 Å². The van der Waals surface area contributed by atoms with Gasteiger partial charge in [0.05, 0.1) is 0 Å². The summed E-state index contributed by atoms with van der Waals surface area (Å²) in [5.74, 6) is 1.75. The van der Waals surface area contributed by atoms with Crippen LogP contribution in [0.25, 0.3) is 0 Å². The van der Waals surface area contributed by atoms with Crippen LogP contribution in [0.15, 0.2) is 48.5 Å². The summed E-state index contributed by atoms with van der Waals surface area (Å²) in [5, 5.41) is 0. The predicted octanol–water partition coefficient (Wildman–Crippen LogP) is 3.71. The van der Waals surface area contributed by atoms with Gasteiger partial charge in [0.15, 0.2) is 0 Å². The molecule has 2 aromatic carbocycles. The fourth-order valence-electron chi connectivity index (χ4n) is 4.75. The summed E-state index contributed by atoms with van der Waals surface area (Å²) in [6.45, 7) is 0. The molecule has 2 aromatic rings. The van der Waals surface area contributed by atoms with E-state index in [1.54, 1.807) is 24.3 Å². The van der Waals surface area contributed by atoms with E-state index in [4.69, 9.17) is 9.05 Å². The summed E-state index contributed by atoms with van der Waals surface area (Å²) in [4.78, 5) is 12.3. The molecule has 0 aromatic heterocycles. The normalized spacial score (nSPS) is 18.4. The molecule has 0 heterocycles. The van der Waals surface area contributed by atoms with Crippen LogP contribution in [0.4, 0.5) is 0 Å². The van der Waals surface area contributed by atoms with E-state index in [0.717, 1.165) is 0 Å². The number of benzene rings is 2. The van der Waals surface area contributed by atoms with Gasteiger partial charge in [0.25, 0.3) is 0 Å². The van der Waals surface area contributed by atoms with Crippen LogP contribution in [0.1, 0.15) is 87.2 Å². The first-order valence-corrected chi connectivity index (χ1v) is 12.5. The molecular formula is C24H30LiO4P. The van der Waals surface area contributed by atoms with E-state index in [1.807, 2.05) is 24.3 Å². The number of hydrogen-bond acceptors (Lipinski definition) is 4. The first kappa shape index (κ1) is 23.5. The van der Waals surface area contributed by atoms with Crippen LogP contribution >= 0.6 is 7.82 Å². The van der Waals surface area contributed by atoms with Crippen LogP contribution in [0.5, 0.6) is 11.5 Å². The third-order valence-electron chi connectivity index (χ3n) is 6.35. The maximum Gasteiger partial charge on any atom is 1.00 e. The van der Waals surface area contributed by atoms with E-state index >= 15 is 0 Å². The fraction of sp³-hybridized carbons (Fsp3) is 0.500. The first-order valence-electron chi connectivity index (χ1n) is 11.0. The minimum atomic E-state index is -4.48. The van der Waals surface area contributed by atoms with Crippen molar-refractivity contribution in [3.8, 4) is 11.5 Å². The van der Waals surface area contributed by atoms with Gasteiger partial charge < -0.3 is 13.9 Å². The van der Waals surface area contributed by atoms with Crippen LogP contribution in [0, 0.1) is 0 Å². The molecule has 156 valence electrons. The summed E-state index contributed by atoms with van der Waals surface area (Å²) in [6, 6.07) is 14.8. The fourth-order valence-corrected chi connectivity index (χ4v) is 5.55. The zero-order valence-corrected chi connectivity index (χ0v) is 18.8. The molecule has 2 saturated carbocycles. The Kier molecular flexibility index (Phi) is 8.55. The molecule has 2 aliphatic rings. The van der Waals surface area contributed by atoms with Crippen molar-refractivity contribution in [1.29, 1.82) is 0 Å². The van der Waals surface area contributed by atoms with Gasteiger partial charge in [-0.15, -0.1) is 0 Å². The Morgan fingerprint density at radius 1 is 0.633 bits per heavy atom. The van der Waals surface area contributed by atoms with Crippen LogP contribution in [-0.2, 0) is 4.57 Å². The molecule has 2 aliphatic carbocycles. The van der Waals surface area contributed by atoms with Crippen LogP contribution < -0.4 is 32.8 Å². The molecule has 0 radical (unpaired) electrons. The van der Waals surface area contributed by atoms with Gasteiger partial charge in [0, 0.05) is 0 Å².